The highest BCUT2D eigenvalue weighted by molar-refractivity contribution is 6.32. The summed E-state index contributed by atoms with van der Waals surface area (Å²) >= 11 is 6.27. The summed E-state index contributed by atoms with van der Waals surface area (Å²) in [6.45, 7) is 5.48. The van der Waals surface area contributed by atoms with Gasteiger partial charge in [0, 0.05) is 28.9 Å². The van der Waals surface area contributed by atoms with Gasteiger partial charge in [-0.2, -0.15) is 0 Å². The number of halogens is 1. The normalized spacial score (nSPS) is 10.3. The van der Waals surface area contributed by atoms with Gasteiger partial charge in [0.15, 0.2) is 0 Å². The van der Waals surface area contributed by atoms with Crippen molar-refractivity contribution in [1.29, 1.82) is 0 Å². The third-order valence-corrected chi connectivity index (χ3v) is 4.11. The second kappa shape index (κ2) is 7.97. The molecule has 0 atom stereocenters. The van der Waals surface area contributed by atoms with Gasteiger partial charge in [-0.1, -0.05) is 37.6 Å². The van der Waals surface area contributed by atoms with Crippen LogP contribution in [0.15, 0.2) is 36.4 Å². The lowest BCUT2D eigenvalue weighted by molar-refractivity contribution is -0.114. The maximum Gasteiger partial charge on any atom is 0.255 e. The molecule has 2 aromatic carbocycles. The molecule has 2 aromatic rings. The summed E-state index contributed by atoms with van der Waals surface area (Å²) in [5.41, 5.74) is 3.82. The number of hydrogen-bond acceptors (Lipinski definition) is 2. The van der Waals surface area contributed by atoms with Crippen LogP contribution in [0.3, 0.4) is 0 Å². The Morgan fingerprint density at radius 2 is 1.79 bits per heavy atom. The summed E-state index contributed by atoms with van der Waals surface area (Å²) < 4.78 is 0. The van der Waals surface area contributed by atoms with Gasteiger partial charge in [0.2, 0.25) is 5.91 Å². The van der Waals surface area contributed by atoms with Gasteiger partial charge in [-0.15, -0.1) is 0 Å². The van der Waals surface area contributed by atoms with Crippen molar-refractivity contribution >= 4 is 34.8 Å². The fourth-order valence-electron chi connectivity index (χ4n) is 2.59. The number of aryl methyl sites for hydroxylation is 1. The monoisotopic (exact) mass is 344 g/mol. The van der Waals surface area contributed by atoms with E-state index in [2.05, 4.69) is 10.6 Å². The molecule has 2 rings (SSSR count). The molecule has 0 bridgehead atoms. The standard InChI is InChI=1S/C19H21ClN2O2/c1-4-13-9-10-17(20)16(5-2)18(13)22-19(24)14-7-6-8-15(11-14)21-12(3)23/h6-11H,4-5H2,1-3H3,(H,21,23)(H,22,24). The van der Waals surface area contributed by atoms with Crippen LogP contribution >= 0.6 is 11.6 Å². The molecule has 0 saturated carbocycles. The van der Waals surface area contributed by atoms with E-state index in [4.69, 9.17) is 11.6 Å². The molecule has 24 heavy (non-hydrogen) atoms. The second-order valence-corrected chi connectivity index (χ2v) is 5.89. The van der Waals surface area contributed by atoms with Crippen LogP contribution < -0.4 is 10.6 Å². The Kier molecular flexibility index (Phi) is 5.99. The molecule has 0 unspecified atom stereocenters. The van der Waals surface area contributed by atoms with E-state index in [0.29, 0.717) is 16.3 Å². The lowest BCUT2D eigenvalue weighted by Gasteiger charge is -2.16. The molecule has 5 heteroatoms. The number of benzene rings is 2. The molecule has 0 saturated heterocycles. The van der Waals surface area contributed by atoms with Crippen molar-refractivity contribution in [2.24, 2.45) is 0 Å². The average molecular weight is 345 g/mol. The predicted molar refractivity (Wildman–Crippen MR) is 98.9 cm³/mol. The van der Waals surface area contributed by atoms with Crippen LogP contribution in [-0.2, 0) is 17.6 Å². The van der Waals surface area contributed by atoms with Crippen molar-refractivity contribution in [3.8, 4) is 0 Å². The van der Waals surface area contributed by atoms with Gasteiger partial charge in [0.1, 0.15) is 0 Å². The van der Waals surface area contributed by atoms with Crippen LogP contribution in [-0.4, -0.2) is 11.8 Å². The quantitative estimate of drug-likeness (QED) is 0.827. The van der Waals surface area contributed by atoms with E-state index < -0.39 is 0 Å². The van der Waals surface area contributed by atoms with Crippen molar-refractivity contribution in [3.05, 3.63) is 58.1 Å². The highest BCUT2D eigenvalue weighted by atomic mass is 35.5. The number of rotatable bonds is 5. The van der Waals surface area contributed by atoms with E-state index in [-0.39, 0.29) is 11.8 Å². The highest BCUT2D eigenvalue weighted by Gasteiger charge is 2.14. The Labute approximate surface area is 147 Å². The Hall–Kier alpha value is -2.33. The Morgan fingerprint density at radius 3 is 2.42 bits per heavy atom. The van der Waals surface area contributed by atoms with E-state index in [1.807, 2.05) is 26.0 Å². The lowest BCUT2D eigenvalue weighted by Crippen LogP contribution is -2.16. The molecule has 0 spiro atoms. The van der Waals surface area contributed by atoms with E-state index in [9.17, 15) is 9.59 Å². The Balaban J connectivity index is 2.33. The van der Waals surface area contributed by atoms with Crippen molar-refractivity contribution in [1.82, 2.24) is 0 Å². The minimum Gasteiger partial charge on any atom is -0.326 e. The van der Waals surface area contributed by atoms with Crippen LogP contribution in [0.2, 0.25) is 5.02 Å². The predicted octanol–water partition coefficient (Wildman–Crippen LogP) is 4.68. The molecular formula is C19H21ClN2O2. The molecule has 2 N–H and O–H groups in total. The van der Waals surface area contributed by atoms with Crippen molar-refractivity contribution in [2.45, 2.75) is 33.6 Å². The highest BCUT2D eigenvalue weighted by Crippen LogP contribution is 2.30. The zero-order valence-corrected chi connectivity index (χ0v) is 14.8. The number of nitrogens with one attached hydrogen (secondary N) is 2. The summed E-state index contributed by atoms with van der Waals surface area (Å²) in [5, 5.41) is 6.31. The lowest BCUT2D eigenvalue weighted by atomic mass is 10.0. The second-order valence-electron chi connectivity index (χ2n) is 5.48. The van der Waals surface area contributed by atoms with Crippen LogP contribution in [0.4, 0.5) is 11.4 Å². The van der Waals surface area contributed by atoms with Gasteiger partial charge in [0.05, 0.1) is 0 Å². The molecule has 0 aliphatic heterocycles. The maximum atomic E-state index is 12.6. The molecule has 126 valence electrons. The van der Waals surface area contributed by atoms with Gasteiger partial charge < -0.3 is 10.6 Å². The fraction of sp³-hybridized carbons (Fsp3) is 0.263. The largest absolute Gasteiger partial charge is 0.326 e. The van der Waals surface area contributed by atoms with Crippen molar-refractivity contribution in [3.63, 3.8) is 0 Å². The summed E-state index contributed by atoms with van der Waals surface area (Å²) in [6.07, 6.45) is 1.53. The topological polar surface area (TPSA) is 58.2 Å². The first kappa shape index (κ1) is 18.0. The first-order valence-electron chi connectivity index (χ1n) is 7.95. The SMILES string of the molecule is CCc1ccc(Cl)c(CC)c1NC(=O)c1cccc(NC(C)=O)c1. The van der Waals surface area contributed by atoms with Crippen molar-refractivity contribution in [2.75, 3.05) is 10.6 Å². The average Bonchev–Trinajstić information content (AvgIpc) is 2.55. The van der Waals surface area contributed by atoms with E-state index >= 15 is 0 Å². The van der Waals surface area contributed by atoms with E-state index in [0.717, 1.165) is 29.7 Å². The minimum atomic E-state index is -0.228. The summed E-state index contributed by atoms with van der Waals surface area (Å²) in [5.74, 6) is -0.405. The first-order chi connectivity index (χ1) is 11.5. The molecular weight excluding hydrogens is 324 g/mol. The van der Waals surface area contributed by atoms with Gasteiger partial charge in [-0.05, 0) is 48.2 Å². The molecule has 0 fully saturated rings. The summed E-state index contributed by atoms with van der Waals surface area (Å²) in [4.78, 5) is 23.8. The fourth-order valence-corrected chi connectivity index (χ4v) is 2.89. The van der Waals surface area contributed by atoms with Gasteiger partial charge >= 0.3 is 0 Å². The number of carbonyl (C=O) groups is 2. The molecule has 0 heterocycles. The zero-order valence-electron chi connectivity index (χ0n) is 14.1. The summed E-state index contributed by atoms with van der Waals surface area (Å²) in [7, 11) is 0. The number of hydrogen-bond donors (Lipinski definition) is 2. The maximum absolute atomic E-state index is 12.6. The number of amides is 2. The number of carbonyl (C=O) groups excluding carboxylic acids is 2. The first-order valence-corrected chi connectivity index (χ1v) is 8.33. The molecule has 0 aliphatic rings. The molecule has 4 nitrogen and oxygen atoms in total. The van der Waals surface area contributed by atoms with Gasteiger partial charge in [-0.25, -0.2) is 0 Å². The minimum absolute atomic E-state index is 0.177. The van der Waals surface area contributed by atoms with Crippen molar-refractivity contribution < 1.29 is 9.59 Å². The molecule has 0 aromatic heterocycles. The smallest absolute Gasteiger partial charge is 0.255 e. The molecule has 0 aliphatic carbocycles. The van der Waals surface area contributed by atoms with Crippen LogP contribution in [0, 0.1) is 0 Å². The van der Waals surface area contributed by atoms with Crippen LogP contribution in [0.25, 0.3) is 0 Å². The van der Waals surface area contributed by atoms with Crippen LogP contribution in [0.5, 0.6) is 0 Å². The van der Waals surface area contributed by atoms with E-state index in [1.54, 1.807) is 24.3 Å². The van der Waals surface area contributed by atoms with E-state index in [1.165, 1.54) is 6.92 Å². The Bertz CT molecular complexity index is 772. The Morgan fingerprint density at radius 1 is 1.04 bits per heavy atom. The zero-order chi connectivity index (χ0) is 17.7. The summed E-state index contributed by atoms with van der Waals surface area (Å²) in [6, 6.07) is 10.6. The third kappa shape index (κ3) is 4.15. The number of anilines is 2. The van der Waals surface area contributed by atoms with Gasteiger partial charge in [-0.3, -0.25) is 9.59 Å². The van der Waals surface area contributed by atoms with Crippen LogP contribution in [0.1, 0.15) is 42.3 Å². The molecule has 0 radical (unpaired) electrons. The third-order valence-electron chi connectivity index (χ3n) is 3.76. The molecule has 2 amide bonds. The van der Waals surface area contributed by atoms with Gasteiger partial charge in [0.25, 0.3) is 5.91 Å².